The van der Waals surface area contributed by atoms with Crippen molar-refractivity contribution in [2.24, 2.45) is 0 Å². The molecule has 4 rings (SSSR count). The minimum atomic E-state index is -0.317. The molecule has 3 aromatic rings. The third-order valence-electron chi connectivity index (χ3n) is 4.14. The largest absolute Gasteiger partial charge is 0.462 e. The van der Waals surface area contributed by atoms with E-state index in [2.05, 4.69) is 10.1 Å². The van der Waals surface area contributed by atoms with Crippen molar-refractivity contribution in [3.05, 3.63) is 53.6 Å². The van der Waals surface area contributed by atoms with Gasteiger partial charge in [-0.15, -0.1) is 5.10 Å². The molecular formula is C20H19N3O4. The van der Waals surface area contributed by atoms with Gasteiger partial charge in [0.15, 0.2) is 17.3 Å². The number of hydrogen-bond acceptors (Lipinski definition) is 6. The first-order valence-electron chi connectivity index (χ1n) is 8.77. The second-order valence-electron chi connectivity index (χ2n) is 6.22. The number of aromatic nitrogens is 3. The summed E-state index contributed by atoms with van der Waals surface area (Å²) in [6, 6.07) is 13.0. The van der Waals surface area contributed by atoms with Gasteiger partial charge in [0.2, 0.25) is 6.79 Å². The number of carbonyl (C=O) groups excluding carboxylic acids is 1. The summed E-state index contributed by atoms with van der Waals surface area (Å²) in [4.78, 5) is 17.5. The van der Waals surface area contributed by atoms with E-state index >= 15 is 0 Å². The van der Waals surface area contributed by atoms with E-state index in [0.29, 0.717) is 29.5 Å². The highest BCUT2D eigenvalue weighted by Crippen LogP contribution is 2.33. The van der Waals surface area contributed by atoms with Crippen molar-refractivity contribution in [1.29, 1.82) is 0 Å². The Morgan fingerprint density at radius 3 is 2.70 bits per heavy atom. The van der Waals surface area contributed by atoms with Crippen LogP contribution in [-0.4, -0.2) is 34.1 Å². The van der Waals surface area contributed by atoms with E-state index in [1.54, 1.807) is 18.2 Å². The van der Waals surface area contributed by atoms with Gasteiger partial charge in [-0.3, -0.25) is 4.79 Å². The van der Waals surface area contributed by atoms with Crippen LogP contribution in [0.4, 0.5) is 0 Å². The van der Waals surface area contributed by atoms with Crippen molar-refractivity contribution in [2.45, 2.75) is 20.3 Å². The molecule has 0 fully saturated rings. The predicted octanol–water partition coefficient (Wildman–Crippen LogP) is 3.46. The van der Waals surface area contributed by atoms with E-state index in [4.69, 9.17) is 14.2 Å². The van der Waals surface area contributed by atoms with Crippen molar-refractivity contribution < 1.29 is 19.0 Å². The molecular weight excluding hydrogens is 346 g/mol. The van der Waals surface area contributed by atoms with Gasteiger partial charge in [0.05, 0.1) is 6.61 Å². The molecule has 0 atom stereocenters. The number of ether oxygens (including phenoxy) is 3. The van der Waals surface area contributed by atoms with Gasteiger partial charge in [-0.05, 0) is 31.5 Å². The molecule has 1 aliphatic rings. The number of benzene rings is 2. The molecule has 0 spiro atoms. The Morgan fingerprint density at radius 1 is 1.15 bits per heavy atom. The van der Waals surface area contributed by atoms with E-state index in [9.17, 15) is 4.79 Å². The Labute approximate surface area is 156 Å². The zero-order valence-corrected chi connectivity index (χ0v) is 15.1. The Morgan fingerprint density at radius 2 is 1.93 bits per heavy atom. The maximum Gasteiger partial charge on any atom is 0.336 e. The monoisotopic (exact) mass is 365 g/mol. The van der Waals surface area contributed by atoms with Crippen LogP contribution in [-0.2, 0) is 0 Å². The summed E-state index contributed by atoms with van der Waals surface area (Å²) in [6.07, 6.45) is 0.824. The van der Waals surface area contributed by atoms with Crippen LogP contribution in [0.25, 0.3) is 11.4 Å². The predicted molar refractivity (Wildman–Crippen MR) is 98.3 cm³/mol. The Kier molecular flexibility index (Phi) is 4.50. The van der Waals surface area contributed by atoms with Gasteiger partial charge < -0.3 is 14.2 Å². The van der Waals surface area contributed by atoms with Gasteiger partial charge in [0, 0.05) is 11.1 Å². The zero-order valence-electron chi connectivity index (χ0n) is 15.1. The van der Waals surface area contributed by atoms with Gasteiger partial charge in [-0.1, -0.05) is 36.8 Å². The van der Waals surface area contributed by atoms with Crippen molar-refractivity contribution >= 4 is 5.91 Å². The van der Waals surface area contributed by atoms with E-state index < -0.39 is 0 Å². The summed E-state index contributed by atoms with van der Waals surface area (Å²) in [5, 5.41) is 4.28. The summed E-state index contributed by atoms with van der Waals surface area (Å²) in [5.41, 5.74) is 2.34. The smallest absolute Gasteiger partial charge is 0.336 e. The van der Waals surface area contributed by atoms with Gasteiger partial charge in [0.25, 0.3) is 5.91 Å². The average molecular weight is 365 g/mol. The van der Waals surface area contributed by atoms with Gasteiger partial charge in [-0.2, -0.15) is 9.67 Å². The molecule has 1 aliphatic heterocycles. The van der Waals surface area contributed by atoms with E-state index in [-0.39, 0.29) is 18.7 Å². The molecule has 7 nitrogen and oxygen atoms in total. The minimum Gasteiger partial charge on any atom is -0.462 e. The number of nitrogens with zero attached hydrogens (tertiary/aromatic N) is 3. The summed E-state index contributed by atoms with van der Waals surface area (Å²) in [6.45, 7) is 4.63. The molecule has 27 heavy (non-hydrogen) atoms. The Balaban J connectivity index is 1.74. The van der Waals surface area contributed by atoms with Crippen LogP contribution in [0, 0.1) is 6.92 Å². The third kappa shape index (κ3) is 3.36. The fraction of sp³-hybridized carbons (Fsp3) is 0.250. The second kappa shape index (κ2) is 7.11. The SMILES string of the molecule is CCCOc1nc(-c2ccc(C)cc2)n(C(=O)c2ccc3c(c2)OCO3)n1. The summed E-state index contributed by atoms with van der Waals surface area (Å²) in [5.74, 6) is 1.28. The number of carbonyl (C=O) groups is 1. The number of fused-ring (bicyclic) bond motifs is 1. The topological polar surface area (TPSA) is 75.5 Å². The Hall–Kier alpha value is -3.35. The van der Waals surface area contributed by atoms with E-state index in [0.717, 1.165) is 17.5 Å². The van der Waals surface area contributed by atoms with Crippen molar-refractivity contribution in [2.75, 3.05) is 13.4 Å². The fourth-order valence-electron chi connectivity index (χ4n) is 2.73. The molecule has 7 heteroatoms. The van der Waals surface area contributed by atoms with Crippen LogP contribution in [0.3, 0.4) is 0 Å². The van der Waals surface area contributed by atoms with Crippen LogP contribution in [0.1, 0.15) is 29.3 Å². The second-order valence-corrected chi connectivity index (χ2v) is 6.22. The number of hydrogen-bond donors (Lipinski definition) is 0. The lowest BCUT2D eigenvalue weighted by molar-refractivity contribution is 0.0944. The molecule has 0 bridgehead atoms. The molecule has 138 valence electrons. The molecule has 0 unspecified atom stereocenters. The molecule has 0 aliphatic carbocycles. The first-order chi connectivity index (χ1) is 13.2. The van der Waals surface area contributed by atoms with Crippen LogP contribution in [0.2, 0.25) is 0 Å². The van der Waals surface area contributed by atoms with Crippen molar-refractivity contribution in [3.63, 3.8) is 0 Å². The van der Waals surface area contributed by atoms with Gasteiger partial charge in [-0.25, -0.2) is 0 Å². The maximum absolute atomic E-state index is 13.1. The van der Waals surface area contributed by atoms with Crippen molar-refractivity contribution in [3.8, 4) is 28.9 Å². The van der Waals surface area contributed by atoms with Crippen molar-refractivity contribution in [1.82, 2.24) is 14.8 Å². The molecule has 0 saturated carbocycles. The average Bonchev–Trinajstić information content (AvgIpc) is 3.32. The first kappa shape index (κ1) is 17.1. The van der Waals surface area contributed by atoms with Crippen LogP contribution >= 0.6 is 0 Å². The summed E-state index contributed by atoms with van der Waals surface area (Å²) >= 11 is 0. The van der Waals surface area contributed by atoms with E-state index in [1.165, 1.54) is 4.68 Å². The highest BCUT2D eigenvalue weighted by Gasteiger charge is 2.22. The maximum atomic E-state index is 13.1. The molecule has 2 aromatic carbocycles. The number of rotatable bonds is 5. The molecule has 0 N–H and O–H groups in total. The van der Waals surface area contributed by atoms with Gasteiger partial charge in [0.1, 0.15) is 0 Å². The summed E-state index contributed by atoms with van der Waals surface area (Å²) in [7, 11) is 0. The normalized spacial score (nSPS) is 12.2. The zero-order chi connectivity index (χ0) is 18.8. The molecule has 2 heterocycles. The number of aryl methyl sites for hydroxylation is 1. The quantitative estimate of drug-likeness (QED) is 0.689. The highest BCUT2D eigenvalue weighted by atomic mass is 16.7. The molecule has 0 radical (unpaired) electrons. The lowest BCUT2D eigenvalue weighted by Gasteiger charge is -2.06. The van der Waals surface area contributed by atoms with Gasteiger partial charge >= 0.3 is 6.01 Å². The Bertz CT molecular complexity index is 979. The molecule has 1 aromatic heterocycles. The molecule has 0 amide bonds. The fourth-order valence-corrected chi connectivity index (χ4v) is 2.73. The third-order valence-corrected chi connectivity index (χ3v) is 4.14. The minimum absolute atomic E-state index is 0.153. The lowest BCUT2D eigenvalue weighted by Crippen LogP contribution is -2.15. The summed E-state index contributed by atoms with van der Waals surface area (Å²) < 4.78 is 17.5. The molecule has 0 saturated heterocycles. The van der Waals surface area contributed by atoms with E-state index in [1.807, 2.05) is 38.1 Å². The van der Waals surface area contributed by atoms with Crippen LogP contribution < -0.4 is 14.2 Å². The van der Waals surface area contributed by atoms with Crippen LogP contribution in [0.15, 0.2) is 42.5 Å². The first-order valence-corrected chi connectivity index (χ1v) is 8.77. The standard InChI is InChI=1S/C20H19N3O4/c1-3-10-25-20-21-18(14-6-4-13(2)5-7-14)23(22-20)19(24)15-8-9-16-17(11-15)27-12-26-16/h4-9,11H,3,10,12H2,1-2H3. The lowest BCUT2D eigenvalue weighted by atomic mass is 10.1. The van der Waals surface area contributed by atoms with Crippen LogP contribution in [0.5, 0.6) is 17.5 Å². The highest BCUT2D eigenvalue weighted by molar-refractivity contribution is 5.98.